The Morgan fingerprint density at radius 1 is 1.47 bits per heavy atom. The minimum atomic E-state index is -0.807. The van der Waals surface area contributed by atoms with Gasteiger partial charge in [0.05, 0.1) is 12.1 Å². The highest BCUT2D eigenvalue weighted by molar-refractivity contribution is 7.15. The third-order valence-electron chi connectivity index (χ3n) is 2.41. The first kappa shape index (κ1) is 13.8. The number of aliphatic carboxylic acids is 1. The number of hydrogen-bond donors (Lipinski definition) is 2. The van der Waals surface area contributed by atoms with Crippen LogP contribution in [0.4, 0.5) is 10.9 Å². The van der Waals surface area contributed by atoms with Crippen molar-refractivity contribution in [2.75, 3.05) is 5.32 Å². The first-order valence-corrected chi connectivity index (χ1v) is 6.81. The zero-order valence-corrected chi connectivity index (χ0v) is 11.8. The highest BCUT2D eigenvalue weighted by Gasteiger charge is 2.10. The Morgan fingerprint density at radius 2 is 2.26 bits per heavy atom. The van der Waals surface area contributed by atoms with E-state index in [1.54, 1.807) is 18.2 Å². The van der Waals surface area contributed by atoms with Gasteiger partial charge in [0, 0.05) is 4.88 Å². The van der Waals surface area contributed by atoms with E-state index >= 15 is 0 Å². The molecule has 0 amide bonds. The first-order valence-electron chi connectivity index (χ1n) is 5.62. The minimum Gasteiger partial charge on any atom is -0.481 e. The van der Waals surface area contributed by atoms with Crippen molar-refractivity contribution in [1.82, 2.24) is 9.97 Å². The second-order valence-corrected chi connectivity index (χ2v) is 5.36. The second kappa shape index (κ2) is 5.99. The molecule has 0 bridgehead atoms. The quantitative estimate of drug-likeness (QED) is 0.829. The van der Waals surface area contributed by atoms with Crippen molar-refractivity contribution in [3.8, 4) is 0 Å². The van der Waals surface area contributed by atoms with E-state index in [1.807, 2.05) is 6.92 Å². The number of anilines is 2. The summed E-state index contributed by atoms with van der Waals surface area (Å²) in [5, 5.41) is 12.8. The van der Waals surface area contributed by atoms with Gasteiger partial charge in [0.1, 0.15) is 11.0 Å². The van der Waals surface area contributed by atoms with Gasteiger partial charge in [0.15, 0.2) is 5.13 Å². The van der Waals surface area contributed by atoms with Crippen molar-refractivity contribution < 1.29 is 9.90 Å². The molecule has 2 N–H and O–H groups in total. The van der Waals surface area contributed by atoms with Crippen LogP contribution < -0.4 is 5.32 Å². The smallest absolute Gasteiger partial charge is 0.303 e. The molecule has 0 radical (unpaired) electrons. The molecule has 0 fully saturated rings. The molecule has 19 heavy (non-hydrogen) atoms. The van der Waals surface area contributed by atoms with Gasteiger partial charge >= 0.3 is 5.97 Å². The van der Waals surface area contributed by atoms with Crippen LogP contribution in [0.2, 0.25) is 5.15 Å². The first-order chi connectivity index (χ1) is 9.04. The molecule has 0 aliphatic rings. The lowest BCUT2D eigenvalue weighted by Crippen LogP contribution is -1.96. The number of carboxylic acids is 1. The maximum Gasteiger partial charge on any atom is 0.303 e. The van der Waals surface area contributed by atoms with Crippen molar-refractivity contribution in [2.24, 2.45) is 0 Å². The van der Waals surface area contributed by atoms with Crippen molar-refractivity contribution in [3.63, 3.8) is 0 Å². The fraction of sp³-hybridized carbons (Fsp3) is 0.250. The highest BCUT2D eigenvalue weighted by atomic mass is 35.5. The highest BCUT2D eigenvalue weighted by Crippen LogP contribution is 2.26. The molecule has 0 aliphatic heterocycles. The molecule has 0 spiro atoms. The molecule has 0 aliphatic carbocycles. The third-order valence-corrected chi connectivity index (χ3v) is 3.75. The molecule has 100 valence electrons. The van der Waals surface area contributed by atoms with E-state index in [9.17, 15) is 4.79 Å². The molecule has 0 saturated heterocycles. The van der Waals surface area contributed by atoms with Crippen LogP contribution in [0.3, 0.4) is 0 Å². The van der Waals surface area contributed by atoms with E-state index in [2.05, 4.69) is 15.3 Å². The van der Waals surface area contributed by atoms with Gasteiger partial charge in [-0.2, -0.15) is 0 Å². The summed E-state index contributed by atoms with van der Waals surface area (Å²) in [6, 6.07) is 5.28. The van der Waals surface area contributed by atoms with E-state index in [0.29, 0.717) is 22.5 Å². The Hall–Kier alpha value is -1.66. The van der Waals surface area contributed by atoms with Gasteiger partial charge in [-0.3, -0.25) is 4.79 Å². The van der Waals surface area contributed by atoms with Crippen molar-refractivity contribution >= 4 is 39.9 Å². The van der Waals surface area contributed by atoms with Crippen molar-refractivity contribution in [1.29, 1.82) is 0 Å². The van der Waals surface area contributed by atoms with Crippen LogP contribution in [0.5, 0.6) is 0 Å². The number of aryl methyl sites for hydroxylation is 2. The Labute approximate surface area is 119 Å². The van der Waals surface area contributed by atoms with E-state index in [-0.39, 0.29) is 6.42 Å². The maximum absolute atomic E-state index is 10.6. The number of nitrogens with one attached hydrogen (secondary N) is 1. The van der Waals surface area contributed by atoms with Gasteiger partial charge in [-0.1, -0.05) is 17.7 Å². The SMILES string of the molecule is Cc1nc(Nc2cccc(Cl)n2)sc1CCC(=O)O. The average molecular weight is 298 g/mol. The molecule has 0 saturated carbocycles. The lowest BCUT2D eigenvalue weighted by Gasteiger charge is -2.00. The number of carbonyl (C=O) groups is 1. The van der Waals surface area contributed by atoms with Gasteiger partial charge in [-0.05, 0) is 25.5 Å². The standard InChI is InChI=1S/C12H12ClN3O2S/c1-7-8(5-6-11(17)18)19-12(14-7)16-10-4-2-3-9(13)15-10/h2-4H,5-6H2,1H3,(H,17,18)(H,14,15,16). The van der Waals surface area contributed by atoms with E-state index < -0.39 is 5.97 Å². The Morgan fingerprint density at radius 3 is 2.95 bits per heavy atom. The number of hydrogen-bond acceptors (Lipinski definition) is 5. The Kier molecular flexibility index (Phi) is 4.34. The molecular weight excluding hydrogens is 286 g/mol. The van der Waals surface area contributed by atoms with Crippen LogP contribution in [0.25, 0.3) is 0 Å². The maximum atomic E-state index is 10.6. The lowest BCUT2D eigenvalue weighted by atomic mass is 10.2. The van der Waals surface area contributed by atoms with Crippen molar-refractivity contribution in [3.05, 3.63) is 33.9 Å². The fourth-order valence-electron chi connectivity index (χ4n) is 1.52. The fourth-order valence-corrected chi connectivity index (χ4v) is 2.65. The number of rotatable bonds is 5. The summed E-state index contributed by atoms with van der Waals surface area (Å²) >= 11 is 7.23. The number of aromatic nitrogens is 2. The number of nitrogens with zero attached hydrogens (tertiary/aromatic N) is 2. The Bertz CT molecular complexity index is 600. The molecule has 0 unspecified atom stereocenters. The second-order valence-electron chi connectivity index (χ2n) is 3.89. The predicted octanol–water partition coefficient (Wildman–Crippen LogP) is 3.26. The molecule has 0 aromatic carbocycles. The summed E-state index contributed by atoms with van der Waals surface area (Å²) in [7, 11) is 0. The van der Waals surface area contributed by atoms with Crippen LogP contribution in [0.15, 0.2) is 18.2 Å². The van der Waals surface area contributed by atoms with Crippen LogP contribution in [-0.4, -0.2) is 21.0 Å². The van der Waals surface area contributed by atoms with E-state index in [0.717, 1.165) is 10.6 Å². The number of halogens is 1. The van der Waals surface area contributed by atoms with Crippen molar-refractivity contribution in [2.45, 2.75) is 19.8 Å². The molecule has 2 heterocycles. The lowest BCUT2D eigenvalue weighted by molar-refractivity contribution is -0.136. The molecular formula is C12H12ClN3O2S. The minimum absolute atomic E-state index is 0.109. The summed E-state index contributed by atoms with van der Waals surface area (Å²) in [5.74, 6) is -0.190. The number of carboxylic acid groups (broad SMARTS) is 1. The molecule has 0 atom stereocenters. The van der Waals surface area contributed by atoms with Gasteiger partial charge in [-0.25, -0.2) is 9.97 Å². The topological polar surface area (TPSA) is 75.1 Å². The molecule has 2 aromatic rings. The monoisotopic (exact) mass is 297 g/mol. The van der Waals surface area contributed by atoms with Crippen LogP contribution >= 0.6 is 22.9 Å². The molecule has 5 nitrogen and oxygen atoms in total. The van der Waals surface area contributed by atoms with Crippen LogP contribution in [-0.2, 0) is 11.2 Å². The molecule has 2 aromatic heterocycles. The predicted molar refractivity (Wildman–Crippen MR) is 75.3 cm³/mol. The van der Waals surface area contributed by atoms with Crippen LogP contribution in [0.1, 0.15) is 17.0 Å². The number of pyridine rings is 1. The average Bonchev–Trinajstić information content (AvgIpc) is 2.67. The van der Waals surface area contributed by atoms with Gasteiger partial charge in [0.25, 0.3) is 0 Å². The van der Waals surface area contributed by atoms with E-state index in [1.165, 1.54) is 11.3 Å². The van der Waals surface area contributed by atoms with Crippen LogP contribution in [0, 0.1) is 6.92 Å². The third kappa shape index (κ3) is 3.90. The number of thiazole rings is 1. The molecule has 7 heteroatoms. The Balaban J connectivity index is 2.09. The summed E-state index contributed by atoms with van der Waals surface area (Å²) in [5.41, 5.74) is 0.843. The van der Waals surface area contributed by atoms with Gasteiger partial charge in [0.2, 0.25) is 0 Å². The van der Waals surface area contributed by atoms with Gasteiger partial charge < -0.3 is 10.4 Å². The van der Waals surface area contributed by atoms with E-state index in [4.69, 9.17) is 16.7 Å². The summed E-state index contributed by atoms with van der Waals surface area (Å²) in [6.07, 6.45) is 0.599. The zero-order valence-electron chi connectivity index (χ0n) is 10.2. The summed E-state index contributed by atoms with van der Waals surface area (Å²) in [4.78, 5) is 20.0. The normalized spacial score (nSPS) is 10.4. The molecule has 2 rings (SSSR count). The largest absolute Gasteiger partial charge is 0.481 e. The summed E-state index contributed by atoms with van der Waals surface area (Å²) < 4.78 is 0. The zero-order chi connectivity index (χ0) is 13.8. The van der Waals surface area contributed by atoms with Gasteiger partial charge in [-0.15, -0.1) is 11.3 Å². The summed E-state index contributed by atoms with van der Waals surface area (Å²) in [6.45, 7) is 1.87.